The van der Waals surface area contributed by atoms with Crippen LogP contribution in [0.15, 0.2) is 24.3 Å². The lowest BCUT2D eigenvalue weighted by molar-refractivity contribution is 0.0976. The molecule has 1 heterocycles. The van der Waals surface area contributed by atoms with Crippen LogP contribution in [0.3, 0.4) is 0 Å². The molecule has 0 N–H and O–H groups in total. The topological polar surface area (TPSA) is 30.0 Å². The van der Waals surface area contributed by atoms with E-state index in [4.69, 9.17) is 0 Å². The summed E-state index contributed by atoms with van der Waals surface area (Å²) in [6, 6.07) is 8.36. The lowest BCUT2D eigenvalue weighted by atomic mass is 10.0. The summed E-state index contributed by atoms with van der Waals surface area (Å²) in [4.78, 5) is 17.3. The van der Waals surface area contributed by atoms with Crippen LogP contribution >= 0.6 is 11.3 Å². The van der Waals surface area contributed by atoms with Crippen LogP contribution < -0.4 is 0 Å². The minimum absolute atomic E-state index is 0.282. The van der Waals surface area contributed by atoms with E-state index in [2.05, 4.69) is 36.2 Å². The Balaban J connectivity index is 1.90. The first kappa shape index (κ1) is 11.6. The van der Waals surface area contributed by atoms with E-state index in [0.717, 1.165) is 34.8 Å². The Morgan fingerprint density at radius 2 is 2.11 bits per heavy atom. The molecule has 0 fully saturated rings. The molecular formula is C15H15NOS. The smallest absolute Gasteiger partial charge is 0.174 e. The highest BCUT2D eigenvalue weighted by Gasteiger charge is 2.22. The normalized spacial score (nSPS) is 14.6. The van der Waals surface area contributed by atoms with Gasteiger partial charge in [0, 0.05) is 12.8 Å². The summed E-state index contributed by atoms with van der Waals surface area (Å²) >= 11 is 1.59. The first-order valence-electron chi connectivity index (χ1n) is 6.30. The molecular weight excluding hydrogens is 242 g/mol. The van der Waals surface area contributed by atoms with Crippen molar-refractivity contribution in [2.45, 2.75) is 32.6 Å². The highest BCUT2D eigenvalue weighted by molar-refractivity contribution is 7.13. The van der Waals surface area contributed by atoms with Crippen LogP contribution in [-0.4, -0.2) is 10.8 Å². The van der Waals surface area contributed by atoms with Crippen LogP contribution in [0.25, 0.3) is 0 Å². The van der Waals surface area contributed by atoms with E-state index in [1.54, 1.807) is 11.3 Å². The Labute approximate surface area is 111 Å². The molecule has 0 saturated carbocycles. The van der Waals surface area contributed by atoms with Gasteiger partial charge in [-0.05, 0) is 30.9 Å². The molecule has 18 heavy (non-hydrogen) atoms. The maximum Gasteiger partial charge on any atom is 0.174 e. The van der Waals surface area contributed by atoms with Gasteiger partial charge in [0.05, 0.1) is 15.6 Å². The fourth-order valence-corrected chi connectivity index (χ4v) is 3.47. The summed E-state index contributed by atoms with van der Waals surface area (Å²) in [6.07, 6.45) is 3.46. The lowest BCUT2D eigenvalue weighted by Gasteiger charge is -2.06. The van der Waals surface area contributed by atoms with Crippen molar-refractivity contribution in [3.8, 4) is 0 Å². The molecule has 0 atom stereocenters. The van der Waals surface area contributed by atoms with E-state index in [1.165, 1.54) is 11.1 Å². The summed E-state index contributed by atoms with van der Waals surface area (Å²) in [5.74, 6) is 0.282. The summed E-state index contributed by atoms with van der Waals surface area (Å²) in [7, 11) is 0. The van der Waals surface area contributed by atoms with Crippen LogP contribution in [0.1, 0.15) is 44.3 Å². The Morgan fingerprint density at radius 3 is 2.89 bits per heavy atom. The summed E-state index contributed by atoms with van der Waals surface area (Å²) in [5.41, 5.74) is 3.62. The van der Waals surface area contributed by atoms with E-state index in [1.807, 2.05) is 0 Å². The number of benzene rings is 1. The molecule has 0 spiro atoms. The van der Waals surface area contributed by atoms with E-state index in [-0.39, 0.29) is 5.78 Å². The van der Waals surface area contributed by atoms with Crippen molar-refractivity contribution >= 4 is 17.1 Å². The zero-order valence-corrected chi connectivity index (χ0v) is 11.2. The zero-order chi connectivity index (χ0) is 12.5. The van der Waals surface area contributed by atoms with Crippen molar-refractivity contribution in [1.29, 1.82) is 0 Å². The van der Waals surface area contributed by atoms with Crippen molar-refractivity contribution in [1.82, 2.24) is 4.98 Å². The van der Waals surface area contributed by atoms with Crippen LogP contribution in [0.2, 0.25) is 0 Å². The van der Waals surface area contributed by atoms with Crippen molar-refractivity contribution in [3.63, 3.8) is 0 Å². The molecule has 3 rings (SSSR count). The third-order valence-electron chi connectivity index (χ3n) is 3.42. The lowest BCUT2D eigenvalue weighted by Crippen LogP contribution is -2.07. The monoisotopic (exact) mass is 257 g/mol. The standard InChI is InChI=1S/C15H15NOS/c1-10-5-2-3-6-11(10)9-14-16-12-7-4-8-13(17)15(12)18-14/h2-3,5-6H,4,7-9H2,1H3. The summed E-state index contributed by atoms with van der Waals surface area (Å²) in [5, 5.41) is 1.07. The predicted octanol–water partition coefficient (Wildman–Crippen LogP) is 3.56. The number of rotatable bonds is 2. The molecule has 0 radical (unpaired) electrons. The maximum absolute atomic E-state index is 11.8. The molecule has 3 heteroatoms. The van der Waals surface area contributed by atoms with Gasteiger partial charge in [0.15, 0.2) is 5.78 Å². The molecule has 1 aliphatic carbocycles. The molecule has 1 aromatic heterocycles. The minimum atomic E-state index is 0.282. The van der Waals surface area contributed by atoms with E-state index >= 15 is 0 Å². The number of ketones is 1. The fraction of sp³-hybridized carbons (Fsp3) is 0.333. The minimum Gasteiger partial charge on any atom is -0.293 e. The molecule has 0 saturated heterocycles. The third kappa shape index (κ3) is 2.10. The van der Waals surface area contributed by atoms with Gasteiger partial charge in [-0.25, -0.2) is 4.98 Å². The fourth-order valence-electron chi connectivity index (χ4n) is 2.37. The number of Topliss-reactive ketones (excluding diaryl/α,β-unsaturated/α-hetero) is 1. The molecule has 1 aromatic carbocycles. The molecule has 0 unspecified atom stereocenters. The van der Waals surface area contributed by atoms with E-state index in [9.17, 15) is 4.79 Å². The average Bonchev–Trinajstić information content (AvgIpc) is 2.76. The van der Waals surface area contributed by atoms with Gasteiger partial charge >= 0.3 is 0 Å². The number of aryl methyl sites for hydroxylation is 2. The number of nitrogens with zero attached hydrogens (tertiary/aromatic N) is 1. The average molecular weight is 257 g/mol. The first-order valence-corrected chi connectivity index (χ1v) is 7.12. The van der Waals surface area contributed by atoms with Gasteiger partial charge in [0.25, 0.3) is 0 Å². The Hall–Kier alpha value is -1.48. The summed E-state index contributed by atoms with van der Waals surface area (Å²) in [6.45, 7) is 2.12. The molecule has 1 aliphatic rings. The molecule has 92 valence electrons. The van der Waals surface area contributed by atoms with Crippen LogP contribution in [0.4, 0.5) is 0 Å². The first-order chi connectivity index (χ1) is 8.74. The van der Waals surface area contributed by atoms with Gasteiger partial charge in [-0.1, -0.05) is 24.3 Å². The SMILES string of the molecule is Cc1ccccc1Cc1nc2c(s1)C(=O)CCC2. The van der Waals surface area contributed by atoms with Gasteiger partial charge in [-0.15, -0.1) is 11.3 Å². The van der Waals surface area contributed by atoms with Crippen LogP contribution in [0.5, 0.6) is 0 Å². The molecule has 0 amide bonds. The van der Waals surface area contributed by atoms with Crippen molar-refractivity contribution in [3.05, 3.63) is 51.0 Å². The molecule has 0 bridgehead atoms. The molecule has 2 nitrogen and oxygen atoms in total. The van der Waals surface area contributed by atoms with Crippen molar-refractivity contribution in [2.75, 3.05) is 0 Å². The number of fused-ring (bicyclic) bond motifs is 1. The van der Waals surface area contributed by atoms with Gasteiger partial charge in [0.1, 0.15) is 0 Å². The zero-order valence-electron chi connectivity index (χ0n) is 10.4. The van der Waals surface area contributed by atoms with E-state index in [0.29, 0.717) is 6.42 Å². The van der Waals surface area contributed by atoms with Crippen LogP contribution in [0, 0.1) is 6.92 Å². The van der Waals surface area contributed by atoms with Gasteiger partial charge < -0.3 is 0 Å². The van der Waals surface area contributed by atoms with Gasteiger partial charge in [-0.3, -0.25) is 4.79 Å². The highest BCUT2D eigenvalue weighted by atomic mass is 32.1. The second-order valence-corrected chi connectivity index (χ2v) is 5.85. The van der Waals surface area contributed by atoms with Gasteiger partial charge in [0.2, 0.25) is 0 Å². The second-order valence-electron chi connectivity index (χ2n) is 4.76. The number of carbonyl (C=O) groups excluding carboxylic acids is 1. The van der Waals surface area contributed by atoms with Crippen molar-refractivity contribution in [2.24, 2.45) is 0 Å². The highest BCUT2D eigenvalue weighted by Crippen LogP contribution is 2.28. The Kier molecular flexibility index (Phi) is 3.00. The second kappa shape index (κ2) is 4.65. The number of hydrogen-bond acceptors (Lipinski definition) is 3. The largest absolute Gasteiger partial charge is 0.293 e. The van der Waals surface area contributed by atoms with E-state index < -0.39 is 0 Å². The number of thiazole rings is 1. The van der Waals surface area contributed by atoms with Crippen LogP contribution in [-0.2, 0) is 12.8 Å². The molecule has 0 aliphatic heterocycles. The predicted molar refractivity (Wildman–Crippen MR) is 73.4 cm³/mol. The quantitative estimate of drug-likeness (QED) is 0.823. The van der Waals surface area contributed by atoms with Crippen molar-refractivity contribution < 1.29 is 4.79 Å². The van der Waals surface area contributed by atoms with Gasteiger partial charge in [-0.2, -0.15) is 0 Å². The number of aromatic nitrogens is 1. The third-order valence-corrected chi connectivity index (χ3v) is 4.55. The summed E-state index contributed by atoms with van der Waals surface area (Å²) < 4.78 is 0. The molecule has 2 aromatic rings. The maximum atomic E-state index is 11.8. The number of carbonyl (C=O) groups is 1. The number of hydrogen-bond donors (Lipinski definition) is 0. The Bertz CT molecular complexity index is 600. The Morgan fingerprint density at radius 1 is 1.28 bits per heavy atom.